The van der Waals surface area contributed by atoms with Crippen LogP contribution in [0.1, 0.15) is 39.4 Å². The Kier molecular flexibility index (Phi) is 5.49. The molecule has 1 fully saturated rings. The second-order valence-corrected chi connectivity index (χ2v) is 6.61. The minimum atomic E-state index is -1.07. The van der Waals surface area contributed by atoms with E-state index in [1.165, 1.54) is 11.0 Å². The molecule has 0 radical (unpaired) electrons. The quantitative estimate of drug-likeness (QED) is 0.802. The highest BCUT2D eigenvalue weighted by Gasteiger charge is 2.31. The molecule has 0 spiro atoms. The van der Waals surface area contributed by atoms with Crippen LogP contribution < -0.4 is 5.32 Å². The van der Waals surface area contributed by atoms with E-state index in [0.717, 1.165) is 17.5 Å². The molecule has 7 heteroatoms. The van der Waals surface area contributed by atoms with Crippen molar-refractivity contribution in [3.05, 3.63) is 65.0 Å². The highest BCUT2D eigenvalue weighted by atomic mass is 16.4. The van der Waals surface area contributed by atoms with E-state index in [1.807, 2.05) is 19.2 Å². The van der Waals surface area contributed by atoms with Crippen LogP contribution in [0.15, 0.2) is 42.7 Å². The van der Waals surface area contributed by atoms with E-state index in [9.17, 15) is 19.5 Å². The van der Waals surface area contributed by atoms with Gasteiger partial charge in [-0.2, -0.15) is 0 Å². The molecule has 2 amide bonds. The van der Waals surface area contributed by atoms with Crippen LogP contribution in [0.5, 0.6) is 0 Å². The third-order valence-electron chi connectivity index (χ3n) is 4.88. The second-order valence-electron chi connectivity index (χ2n) is 6.61. The normalized spacial score (nSPS) is 16.2. The number of carbonyl (C=O) groups is 3. The smallest absolute Gasteiger partial charge is 0.336 e. The van der Waals surface area contributed by atoms with Gasteiger partial charge in [0.05, 0.1) is 5.56 Å². The Hall–Kier alpha value is -3.22. The van der Waals surface area contributed by atoms with Crippen LogP contribution in [-0.4, -0.2) is 45.9 Å². The lowest BCUT2D eigenvalue weighted by atomic mass is 9.96. The van der Waals surface area contributed by atoms with Gasteiger partial charge in [-0.25, -0.2) is 4.79 Å². The lowest BCUT2D eigenvalue weighted by Crippen LogP contribution is -2.41. The number of carboxylic acid groups (broad SMARTS) is 1. The number of aromatic carboxylic acids is 1. The standard InChI is InChI=1S/C20H21N3O4/c1-13-6-8-21-11-17(13)15-7-9-23(12-15)19(25)18(24)22-10-14-4-2-3-5-16(14)20(26)27/h2-6,8,11,15H,7,9-10,12H2,1H3,(H,22,24)(H,26,27). The zero-order valence-electron chi connectivity index (χ0n) is 15.0. The summed E-state index contributed by atoms with van der Waals surface area (Å²) in [6, 6.07) is 8.33. The minimum Gasteiger partial charge on any atom is -0.478 e. The number of nitrogens with zero attached hydrogens (tertiary/aromatic N) is 2. The molecule has 0 saturated carbocycles. The largest absolute Gasteiger partial charge is 0.478 e. The maximum absolute atomic E-state index is 12.4. The molecule has 0 aliphatic carbocycles. The number of hydrogen-bond acceptors (Lipinski definition) is 4. The summed E-state index contributed by atoms with van der Waals surface area (Å²) < 4.78 is 0. The number of likely N-dealkylation sites (tertiary alicyclic amines) is 1. The summed E-state index contributed by atoms with van der Waals surface area (Å²) in [7, 11) is 0. The van der Waals surface area contributed by atoms with Crippen molar-refractivity contribution in [3.8, 4) is 0 Å². The molecule has 1 aromatic carbocycles. The molecule has 1 aliphatic heterocycles. The Morgan fingerprint density at radius 1 is 1.26 bits per heavy atom. The topological polar surface area (TPSA) is 99.6 Å². The summed E-state index contributed by atoms with van der Waals surface area (Å²) in [5.41, 5.74) is 2.79. The van der Waals surface area contributed by atoms with Gasteiger partial charge >= 0.3 is 17.8 Å². The van der Waals surface area contributed by atoms with Gasteiger partial charge in [-0.15, -0.1) is 0 Å². The third kappa shape index (κ3) is 4.13. The van der Waals surface area contributed by atoms with Crippen LogP contribution in [-0.2, 0) is 16.1 Å². The average molecular weight is 367 g/mol. The predicted molar refractivity (Wildman–Crippen MR) is 98.2 cm³/mol. The van der Waals surface area contributed by atoms with E-state index < -0.39 is 17.8 Å². The minimum absolute atomic E-state index is 0.00791. The van der Waals surface area contributed by atoms with E-state index in [4.69, 9.17) is 0 Å². The first-order chi connectivity index (χ1) is 13.0. The van der Waals surface area contributed by atoms with Crippen molar-refractivity contribution >= 4 is 17.8 Å². The third-order valence-corrected chi connectivity index (χ3v) is 4.88. The van der Waals surface area contributed by atoms with Crippen LogP contribution in [0, 0.1) is 6.92 Å². The van der Waals surface area contributed by atoms with Gasteiger partial charge in [-0.1, -0.05) is 18.2 Å². The molecule has 27 heavy (non-hydrogen) atoms. The Balaban J connectivity index is 1.60. The molecule has 2 aromatic rings. The van der Waals surface area contributed by atoms with Crippen molar-refractivity contribution in [1.82, 2.24) is 15.2 Å². The van der Waals surface area contributed by atoms with E-state index in [1.54, 1.807) is 24.4 Å². The van der Waals surface area contributed by atoms with Gasteiger partial charge in [-0.3, -0.25) is 14.6 Å². The zero-order valence-corrected chi connectivity index (χ0v) is 15.0. The van der Waals surface area contributed by atoms with Gasteiger partial charge in [0.25, 0.3) is 0 Å². The molecule has 1 unspecified atom stereocenters. The maximum Gasteiger partial charge on any atom is 0.336 e. The highest BCUT2D eigenvalue weighted by molar-refractivity contribution is 6.35. The summed E-state index contributed by atoms with van der Waals surface area (Å²) in [5.74, 6) is -2.21. The monoisotopic (exact) mass is 367 g/mol. The molecule has 1 aromatic heterocycles. The summed E-state index contributed by atoms with van der Waals surface area (Å²) in [5, 5.41) is 11.7. The number of aryl methyl sites for hydroxylation is 1. The number of carbonyl (C=O) groups excluding carboxylic acids is 2. The summed E-state index contributed by atoms with van der Waals surface area (Å²) >= 11 is 0. The Morgan fingerprint density at radius 3 is 2.78 bits per heavy atom. The number of aromatic nitrogens is 1. The van der Waals surface area contributed by atoms with Gasteiger partial charge in [0.2, 0.25) is 0 Å². The van der Waals surface area contributed by atoms with Crippen molar-refractivity contribution in [2.75, 3.05) is 13.1 Å². The number of benzene rings is 1. The number of carboxylic acids is 1. The summed E-state index contributed by atoms with van der Waals surface area (Å²) in [6.45, 7) is 2.99. The number of nitrogens with one attached hydrogen (secondary N) is 1. The molecular formula is C20H21N3O4. The van der Waals surface area contributed by atoms with E-state index >= 15 is 0 Å². The summed E-state index contributed by atoms with van der Waals surface area (Å²) in [6.07, 6.45) is 4.34. The van der Waals surface area contributed by atoms with Gasteiger partial charge in [0.1, 0.15) is 0 Å². The van der Waals surface area contributed by atoms with Gasteiger partial charge in [0, 0.05) is 37.9 Å². The van der Waals surface area contributed by atoms with E-state index in [0.29, 0.717) is 18.7 Å². The van der Waals surface area contributed by atoms with Crippen LogP contribution in [0.2, 0.25) is 0 Å². The SMILES string of the molecule is Cc1ccncc1C1CCN(C(=O)C(=O)NCc2ccccc2C(=O)O)C1. The fourth-order valence-electron chi connectivity index (χ4n) is 3.38. The molecular weight excluding hydrogens is 346 g/mol. The van der Waals surface area contributed by atoms with Crippen LogP contribution in [0.4, 0.5) is 0 Å². The fraction of sp³-hybridized carbons (Fsp3) is 0.300. The molecule has 3 rings (SSSR count). The van der Waals surface area contributed by atoms with E-state index in [2.05, 4.69) is 10.3 Å². The Morgan fingerprint density at radius 2 is 2.04 bits per heavy atom. The molecule has 7 nitrogen and oxygen atoms in total. The molecule has 1 aliphatic rings. The lowest BCUT2D eigenvalue weighted by Gasteiger charge is -2.17. The molecule has 1 atom stereocenters. The van der Waals surface area contributed by atoms with Crippen molar-refractivity contribution in [1.29, 1.82) is 0 Å². The van der Waals surface area contributed by atoms with Crippen LogP contribution in [0.3, 0.4) is 0 Å². The Labute approximate surface area is 157 Å². The highest BCUT2D eigenvalue weighted by Crippen LogP contribution is 2.28. The number of hydrogen-bond donors (Lipinski definition) is 2. The average Bonchev–Trinajstić information content (AvgIpc) is 3.15. The van der Waals surface area contributed by atoms with Crippen molar-refractivity contribution in [3.63, 3.8) is 0 Å². The first-order valence-corrected chi connectivity index (χ1v) is 8.76. The number of amides is 2. The van der Waals surface area contributed by atoms with Gasteiger partial charge in [-0.05, 0) is 42.2 Å². The molecule has 1 saturated heterocycles. The molecule has 2 N–H and O–H groups in total. The molecule has 0 bridgehead atoms. The zero-order chi connectivity index (χ0) is 19.4. The first-order valence-electron chi connectivity index (χ1n) is 8.76. The van der Waals surface area contributed by atoms with Crippen LogP contribution in [0.25, 0.3) is 0 Å². The molecule has 2 heterocycles. The van der Waals surface area contributed by atoms with E-state index in [-0.39, 0.29) is 18.0 Å². The predicted octanol–water partition coefficient (Wildman–Crippen LogP) is 1.72. The molecule has 140 valence electrons. The van der Waals surface area contributed by atoms with Gasteiger partial charge in [0.15, 0.2) is 0 Å². The van der Waals surface area contributed by atoms with Gasteiger partial charge < -0.3 is 15.3 Å². The fourth-order valence-corrected chi connectivity index (χ4v) is 3.38. The maximum atomic E-state index is 12.4. The van der Waals surface area contributed by atoms with Crippen molar-refractivity contribution in [2.24, 2.45) is 0 Å². The lowest BCUT2D eigenvalue weighted by molar-refractivity contribution is -0.145. The number of pyridine rings is 1. The second kappa shape index (κ2) is 7.99. The summed E-state index contributed by atoms with van der Waals surface area (Å²) in [4.78, 5) is 41.6. The van der Waals surface area contributed by atoms with Crippen molar-refractivity contribution < 1.29 is 19.5 Å². The van der Waals surface area contributed by atoms with Crippen molar-refractivity contribution in [2.45, 2.75) is 25.8 Å². The Bertz CT molecular complexity index is 881. The van der Waals surface area contributed by atoms with Crippen LogP contribution >= 0.6 is 0 Å². The first kappa shape index (κ1) is 18.6. The number of rotatable bonds is 4.